The number of esters is 1. The first-order valence-electron chi connectivity index (χ1n) is 6.98. The lowest BCUT2D eigenvalue weighted by molar-refractivity contribution is -0.149. The van der Waals surface area contributed by atoms with E-state index in [1.165, 1.54) is 6.42 Å². The highest BCUT2D eigenvalue weighted by atomic mass is 16.5. The summed E-state index contributed by atoms with van der Waals surface area (Å²) < 4.78 is 4.97. The third-order valence-electron chi connectivity index (χ3n) is 3.30. The van der Waals surface area contributed by atoms with Crippen molar-refractivity contribution in [3.05, 3.63) is 0 Å². The number of ether oxygens (including phenoxy) is 1. The Hall–Kier alpha value is -0.610. The van der Waals surface area contributed by atoms with Crippen LogP contribution >= 0.6 is 0 Å². The molecular formula is C14H30N2O2. The van der Waals surface area contributed by atoms with E-state index >= 15 is 0 Å². The molecule has 0 saturated carbocycles. The van der Waals surface area contributed by atoms with Crippen molar-refractivity contribution < 1.29 is 9.53 Å². The Morgan fingerprint density at radius 3 is 2.56 bits per heavy atom. The predicted molar refractivity (Wildman–Crippen MR) is 75.4 cm³/mol. The topological polar surface area (TPSA) is 55.6 Å². The van der Waals surface area contributed by atoms with E-state index in [0.29, 0.717) is 18.9 Å². The molecule has 18 heavy (non-hydrogen) atoms. The Morgan fingerprint density at radius 2 is 2.06 bits per heavy atom. The van der Waals surface area contributed by atoms with Gasteiger partial charge in [-0.15, -0.1) is 0 Å². The molecule has 0 aromatic carbocycles. The van der Waals surface area contributed by atoms with Crippen LogP contribution in [0.1, 0.15) is 47.0 Å². The summed E-state index contributed by atoms with van der Waals surface area (Å²) in [5, 5.41) is 0. The second kappa shape index (κ2) is 8.48. The van der Waals surface area contributed by atoms with E-state index in [0.717, 1.165) is 19.5 Å². The van der Waals surface area contributed by atoms with Crippen LogP contribution in [0.4, 0.5) is 0 Å². The summed E-state index contributed by atoms with van der Waals surface area (Å²) in [5.74, 6) is 0.416. The van der Waals surface area contributed by atoms with Gasteiger partial charge in [0.05, 0.1) is 6.61 Å². The lowest BCUT2D eigenvalue weighted by Gasteiger charge is -2.25. The lowest BCUT2D eigenvalue weighted by Crippen LogP contribution is -2.46. The smallest absolute Gasteiger partial charge is 0.325 e. The summed E-state index contributed by atoms with van der Waals surface area (Å²) in [4.78, 5) is 13.9. The summed E-state index contributed by atoms with van der Waals surface area (Å²) in [6.45, 7) is 10.5. The van der Waals surface area contributed by atoms with Gasteiger partial charge < -0.3 is 15.4 Å². The minimum atomic E-state index is -0.854. The first kappa shape index (κ1) is 17.4. The van der Waals surface area contributed by atoms with E-state index in [-0.39, 0.29) is 5.97 Å². The average Bonchev–Trinajstić information content (AvgIpc) is 2.28. The molecule has 0 bridgehead atoms. The third-order valence-corrected chi connectivity index (χ3v) is 3.30. The van der Waals surface area contributed by atoms with E-state index < -0.39 is 5.54 Å². The Kier molecular flexibility index (Phi) is 8.20. The van der Waals surface area contributed by atoms with E-state index in [4.69, 9.17) is 10.5 Å². The summed E-state index contributed by atoms with van der Waals surface area (Å²) in [5.41, 5.74) is 5.11. The molecule has 0 aromatic rings. The van der Waals surface area contributed by atoms with Crippen LogP contribution in [0.5, 0.6) is 0 Å². The van der Waals surface area contributed by atoms with Gasteiger partial charge in [-0.25, -0.2) is 0 Å². The number of rotatable bonds is 9. The number of nitrogens with zero attached hydrogens (tertiary/aromatic N) is 1. The number of hydrogen-bond acceptors (Lipinski definition) is 4. The van der Waals surface area contributed by atoms with Gasteiger partial charge in [0.25, 0.3) is 0 Å². The van der Waals surface area contributed by atoms with Gasteiger partial charge in [-0.2, -0.15) is 0 Å². The number of carbonyl (C=O) groups excluding carboxylic acids is 1. The van der Waals surface area contributed by atoms with Gasteiger partial charge in [-0.3, -0.25) is 4.79 Å². The molecule has 0 rings (SSSR count). The van der Waals surface area contributed by atoms with Crippen molar-refractivity contribution in [3.63, 3.8) is 0 Å². The third kappa shape index (κ3) is 6.97. The number of carbonyl (C=O) groups is 1. The van der Waals surface area contributed by atoms with Crippen LogP contribution < -0.4 is 5.73 Å². The highest BCUT2D eigenvalue weighted by Gasteiger charge is 2.29. The Morgan fingerprint density at radius 1 is 1.44 bits per heavy atom. The van der Waals surface area contributed by atoms with Gasteiger partial charge in [0.15, 0.2) is 0 Å². The van der Waals surface area contributed by atoms with Crippen molar-refractivity contribution in [2.24, 2.45) is 11.7 Å². The zero-order chi connectivity index (χ0) is 14.2. The second-order valence-corrected chi connectivity index (χ2v) is 5.52. The normalized spacial score (nSPS) is 16.4. The first-order chi connectivity index (χ1) is 8.33. The molecule has 4 nitrogen and oxygen atoms in total. The van der Waals surface area contributed by atoms with Crippen LogP contribution in [0.3, 0.4) is 0 Å². The van der Waals surface area contributed by atoms with Gasteiger partial charge in [0, 0.05) is 6.54 Å². The van der Waals surface area contributed by atoms with Gasteiger partial charge in [-0.05, 0) is 46.2 Å². The summed E-state index contributed by atoms with van der Waals surface area (Å²) in [7, 11) is 2.12. The van der Waals surface area contributed by atoms with E-state index in [2.05, 4.69) is 25.8 Å². The Labute approximate surface area is 112 Å². The molecule has 0 spiro atoms. The van der Waals surface area contributed by atoms with Crippen LogP contribution in [0, 0.1) is 5.92 Å². The van der Waals surface area contributed by atoms with Crippen molar-refractivity contribution in [1.82, 2.24) is 4.90 Å². The zero-order valence-electron chi connectivity index (χ0n) is 12.7. The second-order valence-electron chi connectivity index (χ2n) is 5.52. The standard InChI is InChI=1S/C14H30N2O2/c1-6-12(3)11-16(5)10-8-9-14(4,15)13(17)18-7-2/h12H,6-11,15H2,1-5H3. The maximum atomic E-state index is 11.6. The maximum absolute atomic E-state index is 11.6. The van der Waals surface area contributed by atoms with E-state index in [1.807, 2.05) is 0 Å². The van der Waals surface area contributed by atoms with Crippen LogP contribution in [0.2, 0.25) is 0 Å². The fourth-order valence-electron chi connectivity index (χ4n) is 1.87. The van der Waals surface area contributed by atoms with Crippen molar-refractivity contribution in [2.75, 3.05) is 26.7 Å². The SMILES string of the molecule is CCOC(=O)C(C)(N)CCCN(C)CC(C)CC. The minimum absolute atomic E-state index is 0.297. The molecule has 4 heteroatoms. The van der Waals surface area contributed by atoms with Gasteiger partial charge in [0.2, 0.25) is 0 Å². The fraction of sp³-hybridized carbons (Fsp3) is 0.929. The molecule has 0 aliphatic rings. The molecule has 2 N–H and O–H groups in total. The van der Waals surface area contributed by atoms with Crippen LogP contribution in [0.25, 0.3) is 0 Å². The first-order valence-corrected chi connectivity index (χ1v) is 6.98. The van der Waals surface area contributed by atoms with Crippen LogP contribution in [-0.4, -0.2) is 43.2 Å². The van der Waals surface area contributed by atoms with Crippen molar-refractivity contribution in [2.45, 2.75) is 52.5 Å². The molecule has 0 saturated heterocycles. The summed E-state index contributed by atoms with van der Waals surface area (Å²) >= 11 is 0. The quantitative estimate of drug-likeness (QED) is 0.643. The molecule has 0 aliphatic heterocycles. The zero-order valence-corrected chi connectivity index (χ0v) is 12.7. The Bertz CT molecular complexity index is 242. The van der Waals surface area contributed by atoms with Crippen molar-refractivity contribution in [3.8, 4) is 0 Å². The highest BCUT2D eigenvalue weighted by molar-refractivity contribution is 5.79. The van der Waals surface area contributed by atoms with Crippen LogP contribution in [-0.2, 0) is 9.53 Å². The average molecular weight is 258 g/mol. The molecule has 0 heterocycles. The number of nitrogens with two attached hydrogens (primary N) is 1. The lowest BCUT2D eigenvalue weighted by atomic mass is 9.97. The van der Waals surface area contributed by atoms with Gasteiger partial charge in [-0.1, -0.05) is 20.3 Å². The molecule has 108 valence electrons. The molecule has 0 fully saturated rings. The summed E-state index contributed by atoms with van der Waals surface area (Å²) in [6, 6.07) is 0. The maximum Gasteiger partial charge on any atom is 0.325 e. The van der Waals surface area contributed by atoms with Gasteiger partial charge in [0.1, 0.15) is 5.54 Å². The predicted octanol–water partition coefficient (Wildman–Crippen LogP) is 2.02. The number of hydrogen-bond donors (Lipinski definition) is 1. The summed E-state index contributed by atoms with van der Waals surface area (Å²) in [6.07, 6.45) is 2.77. The van der Waals surface area contributed by atoms with E-state index in [1.54, 1.807) is 13.8 Å². The largest absolute Gasteiger partial charge is 0.465 e. The van der Waals surface area contributed by atoms with Crippen molar-refractivity contribution in [1.29, 1.82) is 0 Å². The van der Waals surface area contributed by atoms with E-state index in [9.17, 15) is 4.79 Å². The molecule has 2 unspecified atom stereocenters. The molecule has 0 amide bonds. The van der Waals surface area contributed by atoms with Gasteiger partial charge >= 0.3 is 5.97 Å². The van der Waals surface area contributed by atoms with Crippen LogP contribution in [0.15, 0.2) is 0 Å². The fourth-order valence-corrected chi connectivity index (χ4v) is 1.87. The molecule has 0 radical (unpaired) electrons. The highest BCUT2D eigenvalue weighted by Crippen LogP contribution is 2.12. The monoisotopic (exact) mass is 258 g/mol. The molecule has 0 aliphatic carbocycles. The minimum Gasteiger partial charge on any atom is -0.465 e. The van der Waals surface area contributed by atoms with Crippen molar-refractivity contribution >= 4 is 5.97 Å². The molecule has 0 aromatic heterocycles. The molecular weight excluding hydrogens is 228 g/mol. The molecule has 2 atom stereocenters. The Balaban J connectivity index is 3.91.